The Morgan fingerprint density at radius 3 is 2.30 bits per heavy atom. The average molecular weight is 327 g/mol. The van der Waals surface area contributed by atoms with Crippen LogP contribution < -0.4 is 4.31 Å². The Morgan fingerprint density at radius 2 is 1.74 bits per heavy atom. The number of rotatable bonds is 5. The molecule has 2 rings (SSSR count). The molecule has 1 atom stereocenters. The maximum Gasteiger partial charge on any atom is 0.275 e. The van der Waals surface area contributed by atoms with Crippen LogP contribution in [0.1, 0.15) is 37.3 Å². The van der Waals surface area contributed by atoms with Gasteiger partial charge in [0, 0.05) is 6.04 Å². The van der Waals surface area contributed by atoms with Crippen molar-refractivity contribution in [3.8, 4) is 12.5 Å². The van der Waals surface area contributed by atoms with Gasteiger partial charge in [-0.1, -0.05) is 56.2 Å². The Labute approximate surface area is 139 Å². The van der Waals surface area contributed by atoms with Crippen LogP contribution in [0.2, 0.25) is 0 Å². The van der Waals surface area contributed by atoms with E-state index in [-0.39, 0.29) is 10.8 Å². The zero-order chi connectivity index (χ0) is 17.0. The normalized spacial score (nSPS) is 12.4. The molecule has 0 aliphatic heterocycles. The summed E-state index contributed by atoms with van der Waals surface area (Å²) in [4.78, 5) is 0.194. The zero-order valence-electron chi connectivity index (χ0n) is 13.7. The average Bonchev–Trinajstić information content (AvgIpc) is 2.55. The highest BCUT2D eigenvalue weighted by Crippen LogP contribution is 2.32. The van der Waals surface area contributed by atoms with Crippen LogP contribution in [-0.4, -0.2) is 8.42 Å². The van der Waals surface area contributed by atoms with E-state index in [0.29, 0.717) is 5.69 Å². The lowest BCUT2D eigenvalue weighted by atomic mass is 9.97. The second-order valence-corrected chi connectivity index (χ2v) is 7.37. The molecule has 0 aliphatic rings. The van der Waals surface area contributed by atoms with Crippen LogP contribution in [0.4, 0.5) is 5.69 Å². The van der Waals surface area contributed by atoms with E-state index in [1.54, 1.807) is 36.4 Å². The molecule has 0 N–H and O–H groups in total. The molecule has 0 radical (unpaired) electrons. The maximum atomic E-state index is 12.9. The topological polar surface area (TPSA) is 37.4 Å². The second kappa shape index (κ2) is 6.89. The Kier molecular flexibility index (Phi) is 5.12. The Balaban J connectivity index is 2.57. The third-order valence-corrected chi connectivity index (χ3v) is 5.63. The number of hydrogen-bond donors (Lipinski definition) is 0. The number of terminal acetylenes is 1. The molecular formula is C19H21NO2S. The van der Waals surface area contributed by atoms with Crippen LogP contribution >= 0.6 is 0 Å². The number of sulfonamides is 1. The molecule has 2 aromatic rings. The van der Waals surface area contributed by atoms with Crippen molar-refractivity contribution in [2.45, 2.75) is 38.0 Å². The molecule has 1 unspecified atom stereocenters. The minimum absolute atomic E-state index is 0.194. The summed E-state index contributed by atoms with van der Waals surface area (Å²) in [6.45, 7) is 6.04. The molecule has 4 heteroatoms. The van der Waals surface area contributed by atoms with Crippen molar-refractivity contribution in [2.24, 2.45) is 0 Å². The van der Waals surface area contributed by atoms with Crippen LogP contribution in [0.3, 0.4) is 0 Å². The predicted molar refractivity (Wildman–Crippen MR) is 94.8 cm³/mol. The van der Waals surface area contributed by atoms with Gasteiger partial charge in [-0.2, -0.15) is 4.31 Å². The fraction of sp³-hybridized carbons (Fsp3) is 0.263. The molecule has 23 heavy (non-hydrogen) atoms. The second-order valence-electron chi connectivity index (χ2n) is 5.58. The molecule has 120 valence electrons. The molecule has 0 amide bonds. The van der Waals surface area contributed by atoms with Gasteiger partial charge in [-0.15, -0.1) is 0 Å². The van der Waals surface area contributed by atoms with Crippen molar-refractivity contribution in [1.29, 1.82) is 0 Å². The van der Waals surface area contributed by atoms with Crippen LogP contribution in [0.25, 0.3) is 0 Å². The lowest BCUT2D eigenvalue weighted by Crippen LogP contribution is -2.27. The third-order valence-electron chi connectivity index (χ3n) is 3.98. The Bertz CT molecular complexity index is 817. The molecular weight excluding hydrogens is 306 g/mol. The summed E-state index contributed by atoms with van der Waals surface area (Å²) in [7, 11) is -3.79. The molecule has 0 aromatic heterocycles. The summed E-state index contributed by atoms with van der Waals surface area (Å²) >= 11 is 0. The fourth-order valence-electron chi connectivity index (χ4n) is 2.39. The first-order chi connectivity index (χ1) is 10.9. The zero-order valence-corrected chi connectivity index (χ0v) is 14.5. The summed E-state index contributed by atoms with van der Waals surface area (Å²) in [5.41, 5.74) is 2.48. The summed E-state index contributed by atoms with van der Waals surface area (Å²) in [6.07, 6.45) is 6.47. The third kappa shape index (κ3) is 3.40. The first-order valence-electron chi connectivity index (χ1n) is 7.59. The van der Waals surface area contributed by atoms with Gasteiger partial charge in [0.1, 0.15) is 0 Å². The van der Waals surface area contributed by atoms with Gasteiger partial charge in [-0.3, -0.25) is 0 Å². The van der Waals surface area contributed by atoms with Gasteiger partial charge in [0.25, 0.3) is 10.0 Å². The molecule has 0 fully saturated rings. The van der Waals surface area contributed by atoms with Gasteiger partial charge in [0.2, 0.25) is 0 Å². The highest BCUT2D eigenvalue weighted by atomic mass is 32.2. The molecule has 2 aromatic carbocycles. The summed E-state index contributed by atoms with van der Waals surface area (Å²) < 4.78 is 26.9. The number of benzene rings is 2. The minimum Gasteiger partial charge on any atom is -0.200 e. The van der Waals surface area contributed by atoms with Crippen LogP contribution in [0.15, 0.2) is 53.4 Å². The fourth-order valence-corrected chi connectivity index (χ4v) is 3.65. The smallest absolute Gasteiger partial charge is 0.200 e. The summed E-state index contributed by atoms with van der Waals surface area (Å²) in [5, 5.41) is 0. The summed E-state index contributed by atoms with van der Waals surface area (Å²) in [5.74, 6) is 0.218. The number of hydrogen-bond acceptors (Lipinski definition) is 2. The molecule has 3 nitrogen and oxygen atoms in total. The molecule has 0 heterocycles. The van der Waals surface area contributed by atoms with Gasteiger partial charge < -0.3 is 0 Å². The lowest BCUT2D eigenvalue weighted by Gasteiger charge is -2.23. The van der Waals surface area contributed by atoms with Gasteiger partial charge in [0.15, 0.2) is 0 Å². The Hall–Kier alpha value is -2.25. The van der Waals surface area contributed by atoms with Crippen molar-refractivity contribution >= 4 is 15.7 Å². The maximum absolute atomic E-state index is 12.9. The number of anilines is 1. The van der Waals surface area contributed by atoms with Crippen molar-refractivity contribution in [1.82, 2.24) is 0 Å². The van der Waals surface area contributed by atoms with Crippen LogP contribution in [0.5, 0.6) is 0 Å². The minimum atomic E-state index is -3.79. The van der Waals surface area contributed by atoms with E-state index in [0.717, 1.165) is 21.9 Å². The van der Waals surface area contributed by atoms with E-state index in [4.69, 9.17) is 6.42 Å². The number of nitrogens with zero attached hydrogens (tertiary/aromatic N) is 1. The molecule has 0 bridgehead atoms. The van der Waals surface area contributed by atoms with Crippen molar-refractivity contribution in [3.63, 3.8) is 0 Å². The van der Waals surface area contributed by atoms with E-state index in [1.807, 2.05) is 19.1 Å². The number of aryl methyl sites for hydroxylation is 1. The van der Waals surface area contributed by atoms with Gasteiger partial charge in [-0.05, 0) is 43.0 Å². The standard InChI is InChI=1S/C19H21NO2S/c1-5-16(4)18-9-7-8-10-19(18)20(6-2)23(21,22)17-13-11-15(3)12-14-17/h2,7-14,16H,5H2,1,3-4H3. The largest absolute Gasteiger partial charge is 0.275 e. The van der Waals surface area contributed by atoms with Gasteiger partial charge in [-0.25, -0.2) is 8.42 Å². The highest BCUT2D eigenvalue weighted by molar-refractivity contribution is 7.93. The van der Waals surface area contributed by atoms with Crippen LogP contribution in [-0.2, 0) is 10.0 Å². The van der Waals surface area contributed by atoms with E-state index < -0.39 is 10.0 Å². The summed E-state index contributed by atoms with van der Waals surface area (Å²) in [6, 6.07) is 16.4. The predicted octanol–water partition coefficient (Wildman–Crippen LogP) is 4.29. The first kappa shape index (κ1) is 17.1. The highest BCUT2D eigenvalue weighted by Gasteiger charge is 2.26. The number of para-hydroxylation sites is 1. The first-order valence-corrected chi connectivity index (χ1v) is 9.03. The van der Waals surface area contributed by atoms with E-state index in [1.165, 1.54) is 0 Å². The monoisotopic (exact) mass is 327 g/mol. The molecule has 0 spiro atoms. The Morgan fingerprint density at radius 1 is 1.13 bits per heavy atom. The lowest BCUT2D eigenvalue weighted by molar-refractivity contribution is 0.596. The quantitative estimate of drug-likeness (QED) is 0.607. The van der Waals surface area contributed by atoms with E-state index in [2.05, 4.69) is 19.9 Å². The molecule has 0 aliphatic carbocycles. The van der Waals surface area contributed by atoms with E-state index in [9.17, 15) is 8.42 Å². The molecule has 0 saturated carbocycles. The van der Waals surface area contributed by atoms with Crippen LogP contribution in [0, 0.1) is 19.4 Å². The SMILES string of the molecule is C#CN(c1ccccc1C(C)CC)S(=O)(=O)c1ccc(C)cc1. The van der Waals surface area contributed by atoms with E-state index >= 15 is 0 Å². The van der Waals surface area contributed by atoms with Crippen molar-refractivity contribution in [2.75, 3.05) is 4.31 Å². The molecule has 0 saturated heterocycles. The van der Waals surface area contributed by atoms with Gasteiger partial charge >= 0.3 is 0 Å². The van der Waals surface area contributed by atoms with Crippen molar-refractivity contribution < 1.29 is 8.42 Å². The van der Waals surface area contributed by atoms with Gasteiger partial charge in [0.05, 0.1) is 10.6 Å². The van der Waals surface area contributed by atoms with Crippen molar-refractivity contribution in [3.05, 3.63) is 59.7 Å².